The van der Waals surface area contributed by atoms with Gasteiger partial charge >= 0.3 is 0 Å². The Morgan fingerprint density at radius 1 is 1.39 bits per heavy atom. The molecule has 2 rings (SSSR count). The molecule has 0 saturated carbocycles. The van der Waals surface area contributed by atoms with Gasteiger partial charge in [0, 0.05) is 20.7 Å². The van der Waals surface area contributed by atoms with Crippen molar-refractivity contribution in [3.05, 3.63) is 40.7 Å². The molecule has 0 radical (unpaired) electrons. The number of aldehydes is 1. The quantitative estimate of drug-likeness (QED) is 0.312. The Labute approximate surface area is 170 Å². The number of nitrogens with zero attached hydrogens (tertiary/aromatic N) is 4. The average Bonchev–Trinajstić information content (AvgIpc) is 3.04. The van der Waals surface area contributed by atoms with Gasteiger partial charge in [0.2, 0.25) is 0 Å². The van der Waals surface area contributed by atoms with Crippen LogP contribution in [0.4, 0.5) is 5.82 Å². The fourth-order valence-corrected chi connectivity index (χ4v) is 3.30. The molecule has 0 aromatic carbocycles. The van der Waals surface area contributed by atoms with E-state index in [9.17, 15) is 4.79 Å². The number of ether oxygens (including phenoxy) is 1. The molecule has 0 aliphatic rings. The SMILES string of the molecule is CC/C=C(\C=C/COC)N=CN.CCN(C)c1ncnc2sc(C=O)c(C)c12. The number of carbonyl (C=O) groups excluding carboxylic acids is 1. The van der Waals surface area contributed by atoms with E-state index in [0.29, 0.717) is 6.61 Å². The maximum absolute atomic E-state index is 10.9. The smallest absolute Gasteiger partial charge is 0.160 e. The van der Waals surface area contributed by atoms with Crippen LogP contribution in [0.3, 0.4) is 0 Å². The number of methoxy groups -OCH3 is 1. The monoisotopic (exact) mass is 403 g/mol. The lowest BCUT2D eigenvalue weighted by molar-refractivity contribution is 0.112. The first-order chi connectivity index (χ1) is 13.5. The molecule has 0 amide bonds. The summed E-state index contributed by atoms with van der Waals surface area (Å²) < 4.78 is 4.85. The zero-order valence-corrected chi connectivity index (χ0v) is 18.0. The van der Waals surface area contributed by atoms with Crippen LogP contribution < -0.4 is 10.6 Å². The topological polar surface area (TPSA) is 93.7 Å². The van der Waals surface area contributed by atoms with Crippen molar-refractivity contribution >= 4 is 40.0 Å². The molecule has 28 heavy (non-hydrogen) atoms. The van der Waals surface area contributed by atoms with Crippen LogP contribution in [0.15, 0.2) is 35.2 Å². The summed E-state index contributed by atoms with van der Waals surface area (Å²) in [5.74, 6) is 0.898. The summed E-state index contributed by atoms with van der Waals surface area (Å²) in [6, 6.07) is 0. The number of carbonyl (C=O) groups is 1. The highest BCUT2D eigenvalue weighted by Crippen LogP contribution is 2.33. The molecule has 7 nitrogen and oxygen atoms in total. The van der Waals surface area contributed by atoms with Gasteiger partial charge in [0.05, 0.1) is 28.9 Å². The van der Waals surface area contributed by atoms with E-state index in [2.05, 4.69) is 33.7 Å². The molecular weight excluding hydrogens is 374 g/mol. The van der Waals surface area contributed by atoms with Crippen LogP contribution >= 0.6 is 11.3 Å². The highest BCUT2D eigenvalue weighted by atomic mass is 32.1. The lowest BCUT2D eigenvalue weighted by atomic mass is 10.2. The lowest BCUT2D eigenvalue weighted by Crippen LogP contribution is -2.17. The Morgan fingerprint density at radius 3 is 2.71 bits per heavy atom. The number of thiophene rings is 1. The molecule has 2 N–H and O–H groups in total. The van der Waals surface area contributed by atoms with Crippen molar-refractivity contribution in [1.82, 2.24) is 9.97 Å². The largest absolute Gasteiger partial charge is 0.390 e. The second kappa shape index (κ2) is 12.7. The summed E-state index contributed by atoms with van der Waals surface area (Å²) in [6.45, 7) is 7.53. The predicted molar refractivity (Wildman–Crippen MR) is 119 cm³/mol. The molecule has 0 bridgehead atoms. The number of fused-ring (bicyclic) bond motifs is 1. The molecule has 152 valence electrons. The second-order valence-corrected chi connectivity index (χ2v) is 6.80. The molecule has 0 aliphatic heterocycles. The summed E-state index contributed by atoms with van der Waals surface area (Å²) in [6.07, 6.45) is 10.5. The zero-order valence-electron chi connectivity index (χ0n) is 17.2. The maximum atomic E-state index is 10.9. The van der Waals surface area contributed by atoms with Gasteiger partial charge in [-0.2, -0.15) is 0 Å². The minimum absolute atomic E-state index is 0.598. The Balaban J connectivity index is 0.000000295. The summed E-state index contributed by atoms with van der Waals surface area (Å²) in [4.78, 5) is 27.0. The van der Waals surface area contributed by atoms with E-state index in [1.807, 2.05) is 32.2 Å². The molecular formula is C20H29N5O2S. The van der Waals surface area contributed by atoms with Crippen molar-refractivity contribution in [3.8, 4) is 0 Å². The first-order valence-electron chi connectivity index (χ1n) is 9.04. The number of allylic oxidation sites excluding steroid dienone is 2. The van der Waals surface area contributed by atoms with Gasteiger partial charge in [0.15, 0.2) is 6.29 Å². The lowest BCUT2D eigenvalue weighted by Gasteiger charge is -2.16. The number of nitrogens with two attached hydrogens (primary N) is 1. The highest BCUT2D eigenvalue weighted by Gasteiger charge is 2.15. The standard InChI is InChI=1S/C11H13N3OS.C9H16N2O/c1-4-14(3)10-9-7(2)8(5-15)16-11(9)13-6-12-10;1-3-5-9(11-8-10)6-4-7-12-2/h5-6H,4H2,1-3H3;4-6,8H,3,7H2,1-2H3,(H2,10,11)/b;6-4-,9-5+. The Kier molecular flexibility index (Phi) is 10.7. The van der Waals surface area contributed by atoms with Gasteiger partial charge in [-0.15, -0.1) is 11.3 Å². The van der Waals surface area contributed by atoms with Crippen LogP contribution in [0.1, 0.15) is 35.5 Å². The van der Waals surface area contributed by atoms with E-state index >= 15 is 0 Å². The van der Waals surface area contributed by atoms with Gasteiger partial charge in [-0.25, -0.2) is 15.0 Å². The van der Waals surface area contributed by atoms with Crippen LogP contribution in [0.25, 0.3) is 10.2 Å². The van der Waals surface area contributed by atoms with E-state index in [-0.39, 0.29) is 0 Å². The summed E-state index contributed by atoms with van der Waals surface area (Å²) in [7, 11) is 3.64. The van der Waals surface area contributed by atoms with Crippen molar-refractivity contribution < 1.29 is 9.53 Å². The molecule has 2 heterocycles. The molecule has 0 fully saturated rings. The molecule has 0 spiro atoms. The van der Waals surface area contributed by atoms with Crippen molar-refractivity contribution in [1.29, 1.82) is 0 Å². The van der Waals surface area contributed by atoms with Crippen LogP contribution in [0.2, 0.25) is 0 Å². The van der Waals surface area contributed by atoms with Crippen molar-refractivity contribution in [3.63, 3.8) is 0 Å². The minimum Gasteiger partial charge on any atom is -0.390 e. The van der Waals surface area contributed by atoms with Gasteiger partial charge in [-0.05, 0) is 31.9 Å². The Morgan fingerprint density at radius 2 is 2.14 bits per heavy atom. The van der Waals surface area contributed by atoms with Gasteiger partial charge in [0.25, 0.3) is 0 Å². The Hall–Kier alpha value is -2.58. The normalized spacial score (nSPS) is 11.8. The van der Waals surface area contributed by atoms with Crippen molar-refractivity contribution in [2.75, 3.05) is 32.2 Å². The molecule has 2 aromatic heterocycles. The highest BCUT2D eigenvalue weighted by molar-refractivity contribution is 7.20. The summed E-state index contributed by atoms with van der Waals surface area (Å²) in [5, 5.41) is 0.999. The third-order valence-electron chi connectivity index (χ3n) is 3.88. The molecule has 0 aliphatic carbocycles. The third kappa shape index (κ3) is 6.54. The van der Waals surface area contributed by atoms with Crippen LogP contribution in [-0.4, -0.2) is 49.9 Å². The van der Waals surface area contributed by atoms with E-state index in [4.69, 9.17) is 10.5 Å². The minimum atomic E-state index is 0.598. The predicted octanol–water partition coefficient (Wildman–Crippen LogP) is 3.74. The number of aliphatic imine (C=N–C) groups is 1. The van der Waals surface area contributed by atoms with Crippen molar-refractivity contribution in [2.45, 2.75) is 27.2 Å². The number of hydrogen-bond donors (Lipinski definition) is 1. The third-order valence-corrected chi connectivity index (χ3v) is 5.00. The number of hydrogen-bond acceptors (Lipinski definition) is 7. The average molecular weight is 404 g/mol. The zero-order chi connectivity index (χ0) is 20.9. The van der Waals surface area contributed by atoms with Gasteiger partial charge in [-0.3, -0.25) is 4.79 Å². The van der Waals surface area contributed by atoms with Crippen LogP contribution in [0.5, 0.6) is 0 Å². The van der Waals surface area contributed by atoms with E-state index in [1.54, 1.807) is 13.4 Å². The molecule has 2 aromatic rings. The van der Waals surface area contributed by atoms with Gasteiger partial charge in [-0.1, -0.05) is 19.1 Å². The fraction of sp³-hybridized carbons (Fsp3) is 0.400. The summed E-state index contributed by atoms with van der Waals surface area (Å²) >= 11 is 1.42. The van der Waals surface area contributed by atoms with Gasteiger partial charge < -0.3 is 15.4 Å². The second-order valence-electron chi connectivity index (χ2n) is 5.77. The first kappa shape index (κ1) is 23.5. The number of aromatic nitrogens is 2. The van der Waals surface area contributed by atoms with E-state index < -0.39 is 0 Å². The summed E-state index contributed by atoms with van der Waals surface area (Å²) in [5.41, 5.74) is 7.02. The maximum Gasteiger partial charge on any atom is 0.160 e. The number of anilines is 1. The first-order valence-corrected chi connectivity index (χ1v) is 9.85. The van der Waals surface area contributed by atoms with Crippen LogP contribution in [-0.2, 0) is 4.74 Å². The van der Waals surface area contributed by atoms with E-state index in [1.165, 1.54) is 17.7 Å². The molecule has 8 heteroatoms. The number of rotatable bonds is 8. The molecule has 0 atom stereocenters. The van der Waals surface area contributed by atoms with Crippen molar-refractivity contribution in [2.24, 2.45) is 10.7 Å². The van der Waals surface area contributed by atoms with Crippen LogP contribution in [0, 0.1) is 6.92 Å². The Bertz CT molecular complexity index is 842. The van der Waals surface area contributed by atoms with Gasteiger partial charge in [0.1, 0.15) is 17.0 Å². The molecule has 0 unspecified atom stereocenters. The fourth-order valence-electron chi connectivity index (χ4n) is 2.35. The number of aryl methyl sites for hydroxylation is 1. The molecule has 0 saturated heterocycles. The van der Waals surface area contributed by atoms with E-state index in [0.717, 1.165) is 51.4 Å².